The Labute approximate surface area is 149 Å². The summed E-state index contributed by atoms with van der Waals surface area (Å²) in [4.78, 5) is 0. The molecular formula is C18H47Cl2N. The molecule has 138 valence electrons. The number of unbranched alkanes of at least 4 members (excludes halogenated alkanes) is 13. The standard InChI is InChI=1S/C16H34.2CH4.2ClH.H3N/c1-3-5-7-9-11-13-15-16-14-12-10-8-6-4-2;;;;;/h3-16H2,1-2H3;2*1H4;2*1H;1H3. The molecule has 1 nitrogen and oxygen atoms in total. The minimum absolute atomic E-state index is 0. The first-order chi connectivity index (χ1) is 7.91. The van der Waals surface area contributed by atoms with E-state index in [1.807, 2.05) is 0 Å². The minimum Gasteiger partial charge on any atom is -0.344 e. The van der Waals surface area contributed by atoms with E-state index in [0.717, 1.165) is 0 Å². The topological polar surface area (TPSA) is 35.0 Å². The highest BCUT2D eigenvalue weighted by Crippen LogP contribution is 2.12. The van der Waals surface area contributed by atoms with Gasteiger partial charge in [-0.25, -0.2) is 0 Å². The normalized spacial score (nSPS) is 8.29. The molecule has 0 radical (unpaired) electrons. The van der Waals surface area contributed by atoms with Crippen LogP contribution in [0.5, 0.6) is 0 Å². The lowest BCUT2D eigenvalue weighted by atomic mass is 10.0. The predicted molar refractivity (Wildman–Crippen MR) is 109 cm³/mol. The van der Waals surface area contributed by atoms with Crippen molar-refractivity contribution in [1.82, 2.24) is 6.15 Å². The van der Waals surface area contributed by atoms with E-state index in [1.165, 1.54) is 89.9 Å². The molecule has 0 atom stereocenters. The third-order valence-electron chi connectivity index (χ3n) is 3.46. The fraction of sp³-hybridized carbons (Fsp3) is 1.00. The van der Waals surface area contributed by atoms with Crippen LogP contribution in [0, 0.1) is 0 Å². The molecular weight excluding hydrogens is 301 g/mol. The molecule has 0 aliphatic carbocycles. The summed E-state index contributed by atoms with van der Waals surface area (Å²) in [6.07, 6.45) is 20.4. The summed E-state index contributed by atoms with van der Waals surface area (Å²) in [5.74, 6) is 0. The molecule has 21 heavy (non-hydrogen) atoms. The average Bonchev–Trinajstić information content (AvgIpc) is 2.31. The third kappa shape index (κ3) is 38.5. The Bertz CT molecular complexity index is 108. The Morgan fingerprint density at radius 2 is 0.524 bits per heavy atom. The first kappa shape index (κ1) is 37.6. The van der Waals surface area contributed by atoms with E-state index in [0.29, 0.717) is 0 Å². The van der Waals surface area contributed by atoms with Crippen LogP contribution in [-0.4, -0.2) is 0 Å². The highest BCUT2D eigenvalue weighted by atomic mass is 35.5. The number of hydrogen-bond acceptors (Lipinski definition) is 1. The van der Waals surface area contributed by atoms with Crippen LogP contribution in [0.4, 0.5) is 0 Å². The molecule has 3 heteroatoms. The van der Waals surface area contributed by atoms with E-state index in [4.69, 9.17) is 0 Å². The van der Waals surface area contributed by atoms with Gasteiger partial charge in [-0.05, 0) is 0 Å². The van der Waals surface area contributed by atoms with Crippen molar-refractivity contribution in [3.8, 4) is 0 Å². The molecule has 0 aromatic rings. The highest BCUT2D eigenvalue weighted by Gasteiger charge is 1.92. The van der Waals surface area contributed by atoms with Gasteiger partial charge in [0.2, 0.25) is 0 Å². The predicted octanol–water partition coefficient (Wildman–Crippen LogP) is 8.77. The maximum Gasteiger partial charge on any atom is -0.0533 e. The van der Waals surface area contributed by atoms with Crippen molar-refractivity contribution >= 4 is 24.8 Å². The molecule has 0 saturated heterocycles. The van der Waals surface area contributed by atoms with E-state index in [1.54, 1.807) is 0 Å². The van der Waals surface area contributed by atoms with Crippen LogP contribution in [-0.2, 0) is 0 Å². The molecule has 0 spiro atoms. The maximum atomic E-state index is 2.29. The molecule has 0 heterocycles. The summed E-state index contributed by atoms with van der Waals surface area (Å²) >= 11 is 0. The van der Waals surface area contributed by atoms with Gasteiger partial charge in [0.05, 0.1) is 0 Å². The Morgan fingerprint density at radius 3 is 0.667 bits per heavy atom. The molecule has 0 saturated carbocycles. The van der Waals surface area contributed by atoms with Crippen LogP contribution in [0.1, 0.15) is 119 Å². The Hall–Kier alpha value is 0.540. The lowest BCUT2D eigenvalue weighted by Crippen LogP contribution is -1.82. The van der Waals surface area contributed by atoms with Crippen molar-refractivity contribution in [1.29, 1.82) is 0 Å². The maximum absolute atomic E-state index is 2.29. The molecule has 0 amide bonds. The zero-order valence-electron chi connectivity index (χ0n) is 13.4. The van der Waals surface area contributed by atoms with Crippen molar-refractivity contribution in [3.05, 3.63) is 0 Å². The summed E-state index contributed by atoms with van der Waals surface area (Å²) in [5, 5.41) is 0. The van der Waals surface area contributed by atoms with Gasteiger partial charge in [0.25, 0.3) is 0 Å². The summed E-state index contributed by atoms with van der Waals surface area (Å²) in [7, 11) is 0. The zero-order valence-corrected chi connectivity index (χ0v) is 15.1. The summed E-state index contributed by atoms with van der Waals surface area (Å²) < 4.78 is 0. The van der Waals surface area contributed by atoms with Crippen molar-refractivity contribution in [2.75, 3.05) is 0 Å². The van der Waals surface area contributed by atoms with Gasteiger partial charge in [0, 0.05) is 0 Å². The number of halogens is 2. The van der Waals surface area contributed by atoms with Gasteiger partial charge in [0.1, 0.15) is 0 Å². The Kier molecular flexibility index (Phi) is 66.5. The van der Waals surface area contributed by atoms with Crippen LogP contribution >= 0.6 is 24.8 Å². The fourth-order valence-electron chi connectivity index (χ4n) is 2.27. The summed E-state index contributed by atoms with van der Waals surface area (Å²) in [6.45, 7) is 4.58. The molecule has 0 fully saturated rings. The van der Waals surface area contributed by atoms with Crippen molar-refractivity contribution in [2.24, 2.45) is 0 Å². The molecule has 0 aromatic heterocycles. The average molecular weight is 348 g/mol. The molecule has 0 unspecified atom stereocenters. The number of rotatable bonds is 13. The highest BCUT2D eigenvalue weighted by molar-refractivity contribution is 5.85. The largest absolute Gasteiger partial charge is 0.344 e. The Morgan fingerprint density at radius 1 is 0.381 bits per heavy atom. The number of hydrogen-bond donors (Lipinski definition) is 1. The fourth-order valence-corrected chi connectivity index (χ4v) is 2.27. The van der Waals surface area contributed by atoms with Crippen molar-refractivity contribution < 1.29 is 0 Å². The van der Waals surface area contributed by atoms with Gasteiger partial charge in [-0.3, -0.25) is 0 Å². The molecule has 0 aliphatic rings. The second kappa shape index (κ2) is 37.1. The van der Waals surface area contributed by atoms with Gasteiger partial charge >= 0.3 is 0 Å². The van der Waals surface area contributed by atoms with Crippen LogP contribution in [0.2, 0.25) is 0 Å². The second-order valence-electron chi connectivity index (χ2n) is 5.24. The first-order valence-electron chi connectivity index (χ1n) is 7.91. The van der Waals surface area contributed by atoms with Gasteiger partial charge in [-0.2, -0.15) is 0 Å². The lowest BCUT2D eigenvalue weighted by molar-refractivity contribution is 0.538. The quantitative estimate of drug-likeness (QED) is 0.332. The smallest absolute Gasteiger partial charge is 0.0533 e. The van der Waals surface area contributed by atoms with Crippen molar-refractivity contribution in [2.45, 2.75) is 119 Å². The van der Waals surface area contributed by atoms with Gasteiger partial charge in [-0.15, -0.1) is 24.8 Å². The summed E-state index contributed by atoms with van der Waals surface area (Å²) in [6, 6.07) is 0. The molecule has 0 aliphatic heterocycles. The van der Waals surface area contributed by atoms with Gasteiger partial charge in [0.15, 0.2) is 0 Å². The lowest BCUT2D eigenvalue weighted by Gasteiger charge is -2.02. The molecule has 3 N–H and O–H groups in total. The van der Waals surface area contributed by atoms with E-state index in [2.05, 4.69) is 13.8 Å². The van der Waals surface area contributed by atoms with Gasteiger partial charge in [-0.1, -0.05) is 119 Å². The molecule has 0 bridgehead atoms. The van der Waals surface area contributed by atoms with E-state index in [-0.39, 0.29) is 45.8 Å². The summed E-state index contributed by atoms with van der Waals surface area (Å²) in [5.41, 5.74) is 0. The Balaban J connectivity index is -0.000000112. The third-order valence-corrected chi connectivity index (χ3v) is 3.46. The van der Waals surface area contributed by atoms with Crippen LogP contribution in [0.15, 0.2) is 0 Å². The molecule has 0 rings (SSSR count). The monoisotopic (exact) mass is 347 g/mol. The van der Waals surface area contributed by atoms with Crippen LogP contribution in [0.3, 0.4) is 0 Å². The van der Waals surface area contributed by atoms with Crippen LogP contribution in [0.25, 0.3) is 0 Å². The van der Waals surface area contributed by atoms with E-state index < -0.39 is 0 Å². The van der Waals surface area contributed by atoms with E-state index >= 15 is 0 Å². The first-order valence-corrected chi connectivity index (χ1v) is 7.91. The van der Waals surface area contributed by atoms with Crippen LogP contribution < -0.4 is 6.15 Å². The van der Waals surface area contributed by atoms with Crippen molar-refractivity contribution in [3.63, 3.8) is 0 Å². The second-order valence-corrected chi connectivity index (χ2v) is 5.24. The van der Waals surface area contributed by atoms with Gasteiger partial charge < -0.3 is 6.15 Å². The minimum atomic E-state index is 0. The van der Waals surface area contributed by atoms with E-state index in [9.17, 15) is 0 Å². The SMILES string of the molecule is C.C.CCCCCCCCCCCCCCCC.Cl.Cl.N. The zero-order chi connectivity index (χ0) is 11.9. The molecule has 0 aromatic carbocycles.